The molecule has 4 rings (SSSR count). The van der Waals surface area contributed by atoms with Crippen molar-refractivity contribution in [3.63, 3.8) is 0 Å². The predicted molar refractivity (Wildman–Crippen MR) is 117 cm³/mol. The van der Waals surface area contributed by atoms with Gasteiger partial charge in [0.1, 0.15) is 0 Å². The Kier molecular flexibility index (Phi) is 3.96. The van der Waals surface area contributed by atoms with E-state index in [0.717, 1.165) is 5.69 Å². The first-order chi connectivity index (χ1) is 12.7. The number of anilines is 2. The fourth-order valence-corrected chi connectivity index (χ4v) is 4.54. The van der Waals surface area contributed by atoms with Crippen molar-refractivity contribution in [2.75, 3.05) is 5.32 Å². The van der Waals surface area contributed by atoms with Gasteiger partial charge in [0, 0.05) is 16.8 Å². The first-order valence-corrected chi connectivity index (χ1v) is 9.81. The van der Waals surface area contributed by atoms with Crippen LogP contribution in [0.1, 0.15) is 56.9 Å². The molecular formula is C26H29N. The maximum atomic E-state index is 3.67. The molecule has 3 aromatic carbocycles. The Morgan fingerprint density at radius 2 is 1.48 bits per heavy atom. The zero-order chi connectivity index (χ0) is 19.4. The van der Waals surface area contributed by atoms with Crippen LogP contribution in [0.5, 0.6) is 0 Å². The highest BCUT2D eigenvalue weighted by Crippen LogP contribution is 2.49. The summed E-state index contributed by atoms with van der Waals surface area (Å²) in [6.07, 6.45) is 0. The van der Waals surface area contributed by atoms with Gasteiger partial charge in [0.05, 0.1) is 0 Å². The van der Waals surface area contributed by atoms with Gasteiger partial charge < -0.3 is 5.32 Å². The molecule has 138 valence electrons. The van der Waals surface area contributed by atoms with E-state index in [1.165, 1.54) is 39.1 Å². The largest absolute Gasteiger partial charge is 0.355 e. The van der Waals surface area contributed by atoms with Crippen molar-refractivity contribution < 1.29 is 0 Å². The monoisotopic (exact) mass is 355 g/mol. The molecule has 3 aromatic rings. The van der Waals surface area contributed by atoms with Crippen LogP contribution >= 0.6 is 0 Å². The van der Waals surface area contributed by atoms with Crippen LogP contribution in [0.2, 0.25) is 0 Å². The topological polar surface area (TPSA) is 12.0 Å². The third-order valence-corrected chi connectivity index (χ3v) is 6.00. The van der Waals surface area contributed by atoms with Crippen LogP contribution in [0.3, 0.4) is 0 Å². The van der Waals surface area contributed by atoms with Crippen molar-refractivity contribution in [3.8, 4) is 11.1 Å². The number of benzene rings is 3. The lowest BCUT2D eigenvalue weighted by molar-refractivity contribution is 0.586. The molecule has 0 saturated heterocycles. The highest BCUT2D eigenvalue weighted by Gasteiger charge is 2.35. The molecule has 0 bridgehead atoms. The summed E-state index contributed by atoms with van der Waals surface area (Å²) in [5.41, 5.74) is 10.8. The molecule has 1 N–H and O–H groups in total. The zero-order valence-corrected chi connectivity index (χ0v) is 17.3. The molecule has 0 heterocycles. The lowest BCUT2D eigenvalue weighted by atomic mass is 9.82. The fraction of sp³-hybridized carbons (Fsp3) is 0.308. The van der Waals surface area contributed by atoms with E-state index >= 15 is 0 Å². The van der Waals surface area contributed by atoms with Crippen LogP contribution < -0.4 is 5.32 Å². The third-order valence-electron chi connectivity index (χ3n) is 6.00. The minimum atomic E-state index is 0.0620. The Bertz CT molecular complexity index is 1020. The van der Waals surface area contributed by atoms with Crippen molar-refractivity contribution >= 4 is 11.4 Å². The Hall–Kier alpha value is -2.54. The fourth-order valence-electron chi connectivity index (χ4n) is 4.54. The summed E-state index contributed by atoms with van der Waals surface area (Å²) in [6, 6.07) is 22.2. The molecule has 1 heteroatoms. The van der Waals surface area contributed by atoms with Gasteiger partial charge in [0.15, 0.2) is 0 Å². The molecule has 1 aliphatic carbocycles. The van der Waals surface area contributed by atoms with Crippen LogP contribution in [-0.2, 0) is 10.8 Å². The maximum absolute atomic E-state index is 3.67. The number of nitrogens with one attached hydrogen (secondary N) is 1. The van der Waals surface area contributed by atoms with E-state index in [0.29, 0.717) is 0 Å². The standard InChI is InChI=1S/C26H29N/c1-17-21(25(2,3)4)12-9-13-24(17)27-18-14-15-23-20(16-18)19-10-7-8-11-22(19)26(23,5)6/h7-16,27H,1-6H3. The van der Waals surface area contributed by atoms with Crippen molar-refractivity contribution in [2.24, 2.45) is 0 Å². The molecular weight excluding hydrogens is 326 g/mol. The Morgan fingerprint density at radius 3 is 2.22 bits per heavy atom. The first-order valence-electron chi connectivity index (χ1n) is 9.81. The van der Waals surface area contributed by atoms with Crippen LogP contribution in [0.15, 0.2) is 60.7 Å². The Labute approximate surface area is 163 Å². The summed E-state index contributed by atoms with van der Waals surface area (Å²) in [5.74, 6) is 0. The second-order valence-corrected chi connectivity index (χ2v) is 9.28. The second-order valence-electron chi connectivity index (χ2n) is 9.28. The minimum absolute atomic E-state index is 0.0620. The van der Waals surface area contributed by atoms with Gasteiger partial charge in [-0.05, 0) is 63.9 Å². The highest BCUT2D eigenvalue weighted by atomic mass is 14.9. The highest BCUT2D eigenvalue weighted by molar-refractivity contribution is 5.83. The predicted octanol–water partition coefficient (Wildman–Crippen LogP) is 7.34. The summed E-state index contributed by atoms with van der Waals surface area (Å²) in [4.78, 5) is 0. The van der Waals surface area contributed by atoms with E-state index in [9.17, 15) is 0 Å². The molecule has 0 saturated carbocycles. The third kappa shape index (κ3) is 2.86. The van der Waals surface area contributed by atoms with E-state index in [-0.39, 0.29) is 10.8 Å². The minimum Gasteiger partial charge on any atom is -0.355 e. The van der Waals surface area contributed by atoms with E-state index in [1.807, 2.05) is 0 Å². The normalized spacial score (nSPS) is 14.6. The van der Waals surface area contributed by atoms with Gasteiger partial charge in [0.25, 0.3) is 0 Å². The van der Waals surface area contributed by atoms with Gasteiger partial charge in [-0.15, -0.1) is 0 Å². The number of hydrogen-bond donors (Lipinski definition) is 1. The van der Waals surface area contributed by atoms with Crippen molar-refractivity contribution in [1.29, 1.82) is 0 Å². The summed E-state index contributed by atoms with van der Waals surface area (Å²) in [5, 5.41) is 3.67. The van der Waals surface area contributed by atoms with Crippen molar-refractivity contribution in [1.82, 2.24) is 0 Å². The number of hydrogen-bond acceptors (Lipinski definition) is 1. The zero-order valence-electron chi connectivity index (χ0n) is 17.3. The van der Waals surface area contributed by atoms with E-state index in [4.69, 9.17) is 0 Å². The molecule has 0 unspecified atom stereocenters. The SMILES string of the molecule is Cc1c(Nc2ccc3c(c2)-c2ccccc2C3(C)C)cccc1C(C)(C)C. The lowest BCUT2D eigenvalue weighted by Crippen LogP contribution is -2.15. The van der Waals surface area contributed by atoms with Gasteiger partial charge >= 0.3 is 0 Å². The molecule has 0 atom stereocenters. The Balaban J connectivity index is 1.76. The van der Waals surface area contributed by atoms with Crippen molar-refractivity contribution in [3.05, 3.63) is 82.9 Å². The van der Waals surface area contributed by atoms with Crippen LogP contribution in [0, 0.1) is 6.92 Å². The summed E-state index contributed by atoms with van der Waals surface area (Å²) < 4.78 is 0. The molecule has 0 aromatic heterocycles. The molecule has 0 radical (unpaired) electrons. The summed E-state index contributed by atoms with van der Waals surface area (Å²) in [6.45, 7) is 13.7. The van der Waals surface area contributed by atoms with Gasteiger partial charge in [-0.3, -0.25) is 0 Å². The average Bonchev–Trinajstić information content (AvgIpc) is 2.84. The molecule has 0 amide bonds. The van der Waals surface area contributed by atoms with Gasteiger partial charge in [-0.25, -0.2) is 0 Å². The van der Waals surface area contributed by atoms with Crippen LogP contribution in [0.4, 0.5) is 11.4 Å². The Morgan fingerprint density at radius 1 is 0.778 bits per heavy atom. The number of rotatable bonds is 2. The smallest absolute Gasteiger partial charge is 0.0416 e. The van der Waals surface area contributed by atoms with Crippen molar-refractivity contribution in [2.45, 2.75) is 52.4 Å². The summed E-state index contributed by atoms with van der Waals surface area (Å²) >= 11 is 0. The van der Waals surface area contributed by atoms with Gasteiger partial charge in [-0.1, -0.05) is 77.1 Å². The molecule has 1 nitrogen and oxygen atoms in total. The average molecular weight is 356 g/mol. The van der Waals surface area contributed by atoms with Crippen LogP contribution in [0.25, 0.3) is 11.1 Å². The molecule has 1 aliphatic rings. The lowest BCUT2D eigenvalue weighted by Gasteiger charge is -2.24. The maximum Gasteiger partial charge on any atom is 0.0416 e. The summed E-state index contributed by atoms with van der Waals surface area (Å²) in [7, 11) is 0. The molecule has 0 aliphatic heterocycles. The first kappa shape index (κ1) is 17.9. The quantitative estimate of drug-likeness (QED) is 0.507. The van der Waals surface area contributed by atoms with Crippen LogP contribution in [-0.4, -0.2) is 0 Å². The van der Waals surface area contributed by atoms with Gasteiger partial charge in [-0.2, -0.15) is 0 Å². The molecule has 0 spiro atoms. The van der Waals surface area contributed by atoms with Gasteiger partial charge in [0.2, 0.25) is 0 Å². The van der Waals surface area contributed by atoms with E-state index in [1.54, 1.807) is 0 Å². The second kappa shape index (κ2) is 5.99. The molecule has 0 fully saturated rings. The number of fused-ring (bicyclic) bond motifs is 3. The van der Waals surface area contributed by atoms with E-state index < -0.39 is 0 Å². The van der Waals surface area contributed by atoms with E-state index in [2.05, 4.69) is 108 Å². The molecule has 27 heavy (non-hydrogen) atoms.